The Kier molecular flexibility index (Phi) is 10.8. The van der Waals surface area contributed by atoms with Gasteiger partial charge in [-0.15, -0.1) is 0 Å². The third-order valence-electron chi connectivity index (χ3n) is 3.21. The summed E-state index contributed by atoms with van der Waals surface area (Å²) >= 11 is 0. The van der Waals surface area contributed by atoms with Crippen molar-refractivity contribution in [3.8, 4) is 0 Å². The van der Waals surface area contributed by atoms with E-state index in [9.17, 15) is 19.2 Å². The molecule has 0 aliphatic carbocycles. The van der Waals surface area contributed by atoms with Gasteiger partial charge in [0.05, 0.1) is 12.1 Å². The summed E-state index contributed by atoms with van der Waals surface area (Å²) in [6.45, 7) is 16.1. The van der Waals surface area contributed by atoms with Gasteiger partial charge < -0.3 is 23.1 Å². The van der Waals surface area contributed by atoms with Crippen molar-refractivity contribution in [3.05, 3.63) is 24.3 Å². The summed E-state index contributed by atoms with van der Waals surface area (Å²) < 4.78 is 25.3. The zero-order valence-electron chi connectivity index (χ0n) is 17.9. The first-order valence-corrected chi connectivity index (χ1v) is 15.0. The van der Waals surface area contributed by atoms with Crippen molar-refractivity contribution in [3.63, 3.8) is 0 Å². The molecule has 0 unspecified atom stereocenters. The molecule has 164 valence electrons. The molecule has 0 aromatic heterocycles. The summed E-state index contributed by atoms with van der Waals surface area (Å²) in [5.41, 5.74) is 0.404. The molecule has 0 rings (SSSR count). The van der Waals surface area contributed by atoms with Gasteiger partial charge in [-0.1, -0.05) is 13.2 Å². The van der Waals surface area contributed by atoms with Gasteiger partial charge in [0.25, 0.3) is 0 Å². The van der Waals surface area contributed by atoms with Crippen LogP contribution < -0.4 is 0 Å². The summed E-state index contributed by atoms with van der Waals surface area (Å²) in [4.78, 5) is 46.4. The van der Waals surface area contributed by atoms with E-state index in [1.807, 2.05) is 26.2 Å². The molecule has 11 heteroatoms. The summed E-state index contributed by atoms with van der Waals surface area (Å²) in [7, 11) is -5.01. The van der Waals surface area contributed by atoms with Crippen LogP contribution in [0.15, 0.2) is 24.3 Å². The van der Waals surface area contributed by atoms with E-state index in [4.69, 9.17) is 23.1 Å². The zero-order valence-corrected chi connectivity index (χ0v) is 19.9. The second-order valence-electron chi connectivity index (χ2n) is 7.67. The molecule has 0 atom stereocenters. The maximum atomic E-state index is 12.0. The lowest BCUT2D eigenvalue weighted by atomic mass is 10.4. The number of hydrogen-bond acceptors (Lipinski definition) is 9. The van der Waals surface area contributed by atoms with E-state index in [1.165, 1.54) is 13.8 Å². The highest BCUT2D eigenvalue weighted by Gasteiger charge is 2.37. The minimum absolute atomic E-state index is 0.0271. The van der Waals surface area contributed by atoms with E-state index in [0.717, 1.165) is 0 Å². The zero-order chi connectivity index (χ0) is 22.8. The van der Waals surface area contributed by atoms with Gasteiger partial charge in [0.15, 0.2) is 16.6 Å². The highest BCUT2D eigenvalue weighted by molar-refractivity contribution is 6.87. The van der Waals surface area contributed by atoms with Gasteiger partial charge in [-0.2, -0.15) is 0 Å². The number of hydrogen-bond donors (Lipinski definition) is 0. The first-order chi connectivity index (χ1) is 13.1. The molecule has 0 radical (unpaired) electrons. The molecule has 0 aliphatic rings. The van der Waals surface area contributed by atoms with E-state index in [-0.39, 0.29) is 23.2 Å². The molecule has 0 heterocycles. The topological polar surface area (TPSA) is 114 Å². The van der Waals surface area contributed by atoms with Crippen molar-refractivity contribution >= 4 is 40.5 Å². The fourth-order valence-electron chi connectivity index (χ4n) is 2.16. The predicted octanol–water partition coefficient (Wildman–Crippen LogP) is 2.65. The average molecular weight is 447 g/mol. The largest absolute Gasteiger partial charge is 0.455 e. The van der Waals surface area contributed by atoms with Gasteiger partial charge in [-0.05, 0) is 40.0 Å². The Morgan fingerprint density at radius 3 is 1.24 bits per heavy atom. The molecule has 0 aromatic rings. The summed E-state index contributed by atoms with van der Waals surface area (Å²) in [6.07, 6.45) is 0. The molecule has 0 aromatic carbocycles. The summed E-state index contributed by atoms with van der Waals surface area (Å²) in [5.74, 6) is -2.41. The van der Waals surface area contributed by atoms with Crippen molar-refractivity contribution in [2.24, 2.45) is 0 Å². The molecule has 0 amide bonds. The standard InChI is InChI=1S/C18H30O9Si2/c1-13(2)17(21)25-11-23-15(19)9-28(5,6)27-29(7,8)10-16(20)24-12-26-18(22)14(3)4/h1,3,9-12H2,2,4-8H3. The summed E-state index contributed by atoms with van der Waals surface area (Å²) in [6, 6.07) is 0.0542. The third kappa shape index (κ3) is 12.8. The molecule has 0 spiro atoms. The van der Waals surface area contributed by atoms with Crippen LogP contribution in [0.5, 0.6) is 0 Å². The fourth-order valence-corrected chi connectivity index (χ4v) is 10.3. The van der Waals surface area contributed by atoms with Crippen LogP contribution in [0.2, 0.25) is 38.3 Å². The van der Waals surface area contributed by atoms with E-state index in [2.05, 4.69) is 13.2 Å². The second kappa shape index (κ2) is 11.7. The molecular weight excluding hydrogens is 416 g/mol. The normalized spacial score (nSPS) is 11.2. The SMILES string of the molecule is C=C(C)C(=O)OCOC(=O)C[Si](C)(C)O[Si](C)(C)CC(=O)OCOC(=O)C(=C)C. The maximum Gasteiger partial charge on any atom is 0.335 e. The molecule has 0 aliphatic heterocycles. The van der Waals surface area contributed by atoms with Gasteiger partial charge >= 0.3 is 23.9 Å². The molecule has 0 saturated heterocycles. The Morgan fingerprint density at radius 2 is 0.966 bits per heavy atom. The number of carbonyl (C=O) groups is 4. The van der Waals surface area contributed by atoms with Gasteiger partial charge in [0, 0.05) is 11.1 Å². The Morgan fingerprint density at radius 1 is 0.655 bits per heavy atom. The lowest BCUT2D eigenvalue weighted by molar-refractivity contribution is -0.164. The monoisotopic (exact) mass is 446 g/mol. The van der Waals surface area contributed by atoms with Crippen molar-refractivity contribution in [1.29, 1.82) is 0 Å². The van der Waals surface area contributed by atoms with Crippen LogP contribution in [0.25, 0.3) is 0 Å². The molecule has 29 heavy (non-hydrogen) atoms. The van der Waals surface area contributed by atoms with Gasteiger partial charge in [-0.3, -0.25) is 9.59 Å². The van der Waals surface area contributed by atoms with Gasteiger partial charge in [0.2, 0.25) is 13.6 Å². The number of esters is 4. The van der Waals surface area contributed by atoms with E-state index in [0.29, 0.717) is 0 Å². The molecule has 9 nitrogen and oxygen atoms in total. The van der Waals surface area contributed by atoms with Crippen molar-refractivity contribution < 1.29 is 42.2 Å². The Bertz CT molecular complexity index is 612. The molecular formula is C18H30O9Si2. The minimum Gasteiger partial charge on any atom is -0.455 e. The first kappa shape index (κ1) is 26.8. The second-order valence-corrected chi connectivity index (χ2v) is 16.2. The van der Waals surface area contributed by atoms with Gasteiger partial charge in [0.1, 0.15) is 0 Å². The fraction of sp³-hybridized carbons (Fsp3) is 0.556. The number of rotatable bonds is 12. The molecule has 0 N–H and O–H groups in total. The molecule has 0 saturated carbocycles. The number of ether oxygens (including phenoxy) is 4. The molecule has 0 fully saturated rings. The van der Waals surface area contributed by atoms with Crippen LogP contribution in [-0.4, -0.2) is 54.1 Å². The van der Waals surface area contributed by atoms with Crippen LogP contribution in [0.3, 0.4) is 0 Å². The quantitative estimate of drug-likeness (QED) is 0.193. The van der Waals surface area contributed by atoms with Gasteiger partial charge in [-0.25, -0.2) is 9.59 Å². The van der Waals surface area contributed by atoms with Crippen LogP contribution in [0.4, 0.5) is 0 Å². The number of carbonyl (C=O) groups excluding carboxylic acids is 4. The van der Waals surface area contributed by atoms with Crippen LogP contribution in [0.1, 0.15) is 13.8 Å². The Hall–Kier alpha value is -2.25. The maximum absolute atomic E-state index is 12.0. The van der Waals surface area contributed by atoms with Crippen LogP contribution in [-0.2, 0) is 42.2 Å². The van der Waals surface area contributed by atoms with Crippen molar-refractivity contribution in [1.82, 2.24) is 0 Å². The van der Waals surface area contributed by atoms with Crippen molar-refractivity contribution in [2.75, 3.05) is 13.6 Å². The predicted molar refractivity (Wildman–Crippen MR) is 109 cm³/mol. The minimum atomic E-state index is -2.51. The highest BCUT2D eigenvalue weighted by atomic mass is 28.4. The lowest BCUT2D eigenvalue weighted by Crippen LogP contribution is -2.47. The smallest absolute Gasteiger partial charge is 0.335 e. The van der Waals surface area contributed by atoms with E-state index >= 15 is 0 Å². The van der Waals surface area contributed by atoms with E-state index < -0.39 is 54.1 Å². The van der Waals surface area contributed by atoms with E-state index in [1.54, 1.807) is 0 Å². The lowest BCUT2D eigenvalue weighted by Gasteiger charge is -2.32. The summed E-state index contributed by atoms with van der Waals surface area (Å²) in [5, 5.41) is 0. The Labute approximate surface area is 173 Å². The van der Waals surface area contributed by atoms with Crippen LogP contribution >= 0.6 is 0 Å². The van der Waals surface area contributed by atoms with Crippen molar-refractivity contribution in [2.45, 2.75) is 52.1 Å². The highest BCUT2D eigenvalue weighted by Crippen LogP contribution is 2.22. The van der Waals surface area contributed by atoms with Crippen LogP contribution in [0, 0.1) is 0 Å². The first-order valence-electron chi connectivity index (χ1n) is 8.82. The third-order valence-corrected chi connectivity index (χ3v) is 9.91. The average Bonchev–Trinajstić information content (AvgIpc) is 2.51. The molecule has 0 bridgehead atoms. The Balaban J connectivity index is 4.44.